The molecular weight excluding hydrogens is 1400 g/mol. The minimum Gasteiger partial charge on any atom is -0.477 e. The summed E-state index contributed by atoms with van der Waals surface area (Å²) in [7, 11) is -7.70. The predicted octanol–water partition coefficient (Wildman–Crippen LogP) is 6.42. The van der Waals surface area contributed by atoms with Gasteiger partial charge in [0.05, 0.1) is 20.5 Å². The Morgan fingerprint density at radius 2 is 1.01 bits per heavy atom. The molecule has 2 saturated heterocycles. The number of benzene rings is 2. The third kappa shape index (κ3) is 17.1. The van der Waals surface area contributed by atoms with Crippen LogP contribution < -0.4 is 41.8 Å². The lowest BCUT2D eigenvalue weighted by Gasteiger charge is -2.35. The molecule has 9 amide bonds. The summed E-state index contributed by atoms with van der Waals surface area (Å²) in [5.74, 6) is -5.98. The molecule has 4 unspecified atom stereocenters. The van der Waals surface area contributed by atoms with Gasteiger partial charge < -0.3 is 47.2 Å². The number of nitrogens with two attached hydrogens (primary N) is 1. The van der Waals surface area contributed by atoms with Gasteiger partial charge in [-0.05, 0) is 112 Å². The van der Waals surface area contributed by atoms with Gasteiger partial charge in [-0.2, -0.15) is 0 Å². The fourth-order valence-electron chi connectivity index (χ4n) is 12.6. The Bertz CT molecular complexity index is 4170. The molecule has 8 fully saturated rings. The Morgan fingerprint density at radius 1 is 0.616 bits per heavy atom. The number of thiophene rings is 2. The quantitative estimate of drug-likeness (QED) is 0.0362. The van der Waals surface area contributed by atoms with E-state index in [1.807, 2.05) is 90.1 Å². The van der Waals surface area contributed by atoms with Gasteiger partial charge in [0.25, 0.3) is 17.7 Å². The number of fused-ring (bicyclic) bond motifs is 2. The standard InChI is InChI=1S/C34H42ClN5O7S2.C25H39N5O6S.C9H5ClO2S/c1-5-19-16-34(19,32(45)39-49(46,47)21-12-13-21)38-29(42)23-15-20(36-30(43)27-26(35)22-8-6-7-9-24(22)48-27)17-40(23)31(44)28(33(2,3)4)37-25(41)14-18-10-11-18;1-5-15-12-25(15,23(34)29-37(35,36)17-8-9-17)28-21(32)18-11-16(26)13-30(18)22(33)20(24(2,3)4)27-19(31)10-14-6-7-14;10-7-5-3-1-2-4-6(5)13-8(7)9(11)12/h5-9,18-21,23,28H,1,10-17H2,2-4H3,(H,36,43)(H,37,41)(H,38,42)(H,39,45);5,14-18,20H,1,6-13,26H2,2-4H3,(H,27,31)(H,28,32)(H,29,34);1-4H,(H,11,12)/t19?,20-,23+,28-,34?;15?,16-,18+,20-,25?;/m11./s1. The fraction of sp³-hybridized carbons (Fsp3) is 0.559. The van der Waals surface area contributed by atoms with Gasteiger partial charge in [-0.3, -0.25) is 52.6 Å². The molecular formula is C68H86Cl2N10O15S4. The normalized spacial score (nSPS) is 25.4. The Balaban J connectivity index is 0.000000185. The summed E-state index contributed by atoms with van der Waals surface area (Å²) < 4.78 is 56.0. The monoisotopic (exact) mass is 1480 g/mol. The second-order valence-electron chi connectivity index (χ2n) is 29.6. The number of nitrogens with one attached hydrogen (secondary N) is 7. The molecule has 99 heavy (non-hydrogen) atoms. The molecule has 6 saturated carbocycles. The van der Waals surface area contributed by atoms with Crippen molar-refractivity contribution < 1.29 is 69.9 Å². The number of hydrogen-bond acceptors (Lipinski definition) is 17. The van der Waals surface area contributed by atoms with Gasteiger partial charge in [0.2, 0.25) is 55.5 Å². The number of hydrogen-bond donors (Lipinski definition) is 9. The molecule has 0 spiro atoms. The van der Waals surface area contributed by atoms with Crippen molar-refractivity contribution >= 4 is 145 Å². The Hall–Kier alpha value is -7.02. The average molecular weight is 1480 g/mol. The van der Waals surface area contributed by atoms with Crippen LogP contribution >= 0.6 is 45.9 Å². The molecule has 10 atom stereocenters. The first-order chi connectivity index (χ1) is 46.4. The third-order valence-corrected chi connectivity index (χ3v) is 26.3. The number of carboxylic acids is 1. The van der Waals surface area contributed by atoms with E-state index in [1.165, 1.54) is 44.6 Å². The van der Waals surface area contributed by atoms with Crippen LogP contribution in [-0.4, -0.2) is 162 Å². The van der Waals surface area contributed by atoms with Crippen molar-refractivity contribution in [3.8, 4) is 0 Å². The van der Waals surface area contributed by atoms with E-state index in [2.05, 4.69) is 49.2 Å². The lowest BCUT2D eigenvalue weighted by molar-refractivity contribution is -0.144. The van der Waals surface area contributed by atoms with E-state index >= 15 is 0 Å². The summed E-state index contributed by atoms with van der Waals surface area (Å²) in [5.41, 5.74) is 1.81. The number of aromatic carboxylic acids is 1. The number of amides is 9. The molecule has 0 bridgehead atoms. The first kappa shape index (κ1) is 74.7. The highest BCUT2D eigenvalue weighted by molar-refractivity contribution is 7.91. The highest BCUT2D eigenvalue weighted by Gasteiger charge is 2.63. The van der Waals surface area contributed by atoms with Crippen LogP contribution in [0.2, 0.25) is 10.0 Å². The number of halogens is 2. The van der Waals surface area contributed by atoms with Crippen molar-refractivity contribution in [2.45, 2.75) is 189 Å². The van der Waals surface area contributed by atoms with E-state index in [0.717, 1.165) is 45.9 Å². The van der Waals surface area contributed by atoms with Crippen molar-refractivity contribution in [1.82, 2.24) is 45.8 Å². The lowest BCUT2D eigenvalue weighted by atomic mass is 9.85. The molecule has 4 heterocycles. The highest BCUT2D eigenvalue weighted by Crippen LogP contribution is 2.48. The Morgan fingerprint density at radius 3 is 1.38 bits per heavy atom. The third-order valence-electron chi connectivity index (χ3n) is 19.3. The number of rotatable bonds is 23. The number of nitrogens with zero attached hydrogens (tertiary/aromatic N) is 2. The smallest absolute Gasteiger partial charge is 0.347 e. The number of carbonyl (C=O) groups excluding carboxylic acids is 9. The van der Waals surface area contributed by atoms with Crippen molar-refractivity contribution in [3.05, 3.63) is 93.6 Å². The van der Waals surface area contributed by atoms with E-state index < -0.39 is 148 Å². The predicted molar refractivity (Wildman–Crippen MR) is 376 cm³/mol. The van der Waals surface area contributed by atoms with Crippen LogP contribution in [0.5, 0.6) is 0 Å². The van der Waals surface area contributed by atoms with Crippen LogP contribution in [0.4, 0.5) is 0 Å². The zero-order valence-electron chi connectivity index (χ0n) is 56.0. The second kappa shape index (κ2) is 28.8. The zero-order valence-corrected chi connectivity index (χ0v) is 60.7. The summed E-state index contributed by atoms with van der Waals surface area (Å²) in [6.07, 6.45) is 10.1. The van der Waals surface area contributed by atoms with E-state index in [4.69, 9.17) is 34.0 Å². The number of likely N-dealkylation sites (tertiary alicyclic amines) is 2. The average Bonchev–Trinajstić information content (AvgIpc) is 1.58. The summed E-state index contributed by atoms with van der Waals surface area (Å²) in [5, 5.41) is 24.0. The summed E-state index contributed by atoms with van der Waals surface area (Å²) in [4.78, 5) is 135. The van der Waals surface area contributed by atoms with Gasteiger partial charge in [0.15, 0.2) is 0 Å². The molecule has 25 nitrogen and oxygen atoms in total. The minimum absolute atomic E-state index is 0.00946. The van der Waals surface area contributed by atoms with Crippen LogP contribution in [0.15, 0.2) is 73.8 Å². The highest BCUT2D eigenvalue weighted by atomic mass is 35.5. The molecule has 0 radical (unpaired) electrons. The molecule has 12 rings (SSSR count). The summed E-state index contributed by atoms with van der Waals surface area (Å²) >= 11 is 14.9. The molecule has 6 aliphatic carbocycles. The molecule has 2 aliphatic heterocycles. The number of carbonyl (C=O) groups is 10. The minimum atomic E-state index is -3.89. The largest absolute Gasteiger partial charge is 0.477 e. The second-order valence-corrected chi connectivity index (χ2v) is 36.4. The van der Waals surface area contributed by atoms with E-state index in [9.17, 15) is 64.8 Å². The first-order valence-corrected chi connectivity index (χ1v) is 38.7. The molecule has 31 heteroatoms. The van der Waals surface area contributed by atoms with Crippen LogP contribution in [0.25, 0.3) is 20.2 Å². The van der Waals surface area contributed by atoms with Gasteiger partial charge in [-0.15, -0.1) is 35.8 Å². The van der Waals surface area contributed by atoms with E-state index in [-0.39, 0.29) is 55.5 Å². The zero-order chi connectivity index (χ0) is 72.2. The van der Waals surface area contributed by atoms with Gasteiger partial charge in [-0.1, -0.05) is 113 Å². The maximum absolute atomic E-state index is 14.3. The topological polar surface area (TPSA) is 376 Å². The van der Waals surface area contributed by atoms with Gasteiger partial charge in [0, 0.05) is 70.0 Å². The Kier molecular flexibility index (Phi) is 21.7. The van der Waals surface area contributed by atoms with Crippen molar-refractivity contribution in [2.24, 2.45) is 40.2 Å². The van der Waals surface area contributed by atoms with Crippen molar-refractivity contribution in [1.29, 1.82) is 0 Å². The van der Waals surface area contributed by atoms with Crippen molar-refractivity contribution in [2.75, 3.05) is 13.1 Å². The van der Waals surface area contributed by atoms with Gasteiger partial charge >= 0.3 is 5.97 Å². The first-order valence-electron chi connectivity index (χ1n) is 33.3. The maximum atomic E-state index is 14.3. The number of carboxylic acid groups (broad SMARTS) is 1. The maximum Gasteiger partial charge on any atom is 0.347 e. The van der Waals surface area contributed by atoms with E-state index in [0.29, 0.717) is 65.3 Å². The molecule has 536 valence electrons. The van der Waals surface area contributed by atoms with Crippen LogP contribution in [0, 0.1) is 34.5 Å². The van der Waals surface area contributed by atoms with E-state index in [1.54, 1.807) is 0 Å². The van der Waals surface area contributed by atoms with Crippen LogP contribution in [-0.2, 0) is 58.4 Å². The van der Waals surface area contributed by atoms with Crippen molar-refractivity contribution in [3.63, 3.8) is 0 Å². The lowest BCUT2D eigenvalue weighted by Crippen LogP contribution is -2.60. The Labute approximate surface area is 593 Å². The summed E-state index contributed by atoms with van der Waals surface area (Å²) in [6.45, 7) is 18.5. The molecule has 2 aromatic carbocycles. The van der Waals surface area contributed by atoms with Gasteiger partial charge in [-0.25, -0.2) is 21.6 Å². The molecule has 2 aromatic heterocycles. The van der Waals surface area contributed by atoms with Crippen LogP contribution in [0.1, 0.15) is 151 Å². The SMILES string of the molecule is C=CC1CC1(NC(=O)[C@@H]1C[C@@H](N)CN1C(=O)[C@@H](NC(=O)CC1CC1)C(C)(C)C)C(=O)NS(=O)(=O)C1CC1.C=CC1CC1(NC(=O)[C@@H]1C[C@@H](NC(=O)c2sc3ccccc3c2Cl)CN1C(=O)[C@@H](NC(=O)CC1CC1)C(C)(C)C)C(=O)NS(=O)(=O)C1CC1.O=C(O)c1sc2ccccc2c1Cl. The fourth-order valence-corrected chi connectivity index (χ4v) is 18.1. The molecule has 8 aliphatic rings. The van der Waals surface area contributed by atoms with Crippen LogP contribution in [0.3, 0.4) is 0 Å². The molecule has 10 N–H and O–H groups in total. The number of sulfonamides is 2. The summed E-state index contributed by atoms with van der Waals surface area (Å²) in [6, 6.07) is 9.66. The molecule has 4 aromatic rings. The van der Waals surface area contributed by atoms with Gasteiger partial charge in [0.1, 0.15) is 45.0 Å².